The average molecular weight is 277 g/mol. The summed E-state index contributed by atoms with van der Waals surface area (Å²) in [6, 6.07) is 6.34. The molecule has 1 aromatic carbocycles. The summed E-state index contributed by atoms with van der Waals surface area (Å²) in [4.78, 5) is 11.8. The zero-order valence-corrected chi connectivity index (χ0v) is 13.3. The summed E-state index contributed by atoms with van der Waals surface area (Å²) < 4.78 is 4.86. The zero-order valence-electron chi connectivity index (χ0n) is 13.3. The van der Waals surface area contributed by atoms with Crippen LogP contribution in [0, 0.1) is 5.41 Å². The average Bonchev–Trinajstić information content (AvgIpc) is 2.44. The molecule has 3 heteroatoms. The highest BCUT2D eigenvalue weighted by Crippen LogP contribution is 2.31. The fourth-order valence-corrected chi connectivity index (χ4v) is 2.55. The number of hydrogen-bond acceptors (Lipinski definition) is 3. The lowest BCUT2D eigenvalue weighted by Crippen LogP contribution is -2.30. The van der Waals surface area contributed by atoms with Crippen molar-refractivity contribution in [3.05, 3.63) is 34.9 Å². The quantitative estimate of drug-likeness (QED) is 0.811. The first-order chi connectivity index (χ1) is 9.35. The van der Waals surface area contributed by atoms with Crippen molar-refractivity contribution in [1.29, 1.82) is 0 Å². The Kier molecular flexibility index (Phi) is 5.75. The van der Waals surface area contributed by atoms with Gasteiger partial charge in [0.2, 0.25) is 0 Å². The number of nitrogens with two attached hydrogens (primary N) is 1. The van der Waals surface area contributed by atoms with Crippen molar-refractivity contribution >= 4 is 5.97 Å². The number of ether oxygens (including phenoxy) is 1. The SMILES string of the molecule is CCc1ccc(CC)c(C(N)CC(C)(C)C(=O)OC)c1. The van der Waals surface area contributed by atoms with Crippen LogP contribution in [-0.2, 0) is 22.4 Å². The highest BCUT2D eigenvalue weighted by molar-refractivity contribution is 5.75. The summed E-state index contributed by atoms with van der Waals surface area (Å²) in [5, 5.41) is 0. The molecular weight excluding hydrogens is 250 g/mol. The van der Waals surface area contributed by atoms with Gasteiger partial charge in [0.1, 0.15) is 0 Å². The second kappa shape index (κ2) is 6.89. The van der Waals surface area contributed by atoms with E-state index >= 15 is 0 Å². The first-order valence-electron chi connectivity index (χ1n) is 7.31. The van der Waals surface area contributed by atoms with Gasteiger partial charge in [-0.2, -0.15) is 0 Å². The van der Waals surface area contributed by atoms with Crippen LogP contribution in [0.2, 0.25) is 0 Å². The summed E-state index contributed by atoms with van der Waals surface area (Å²) in [6.45, 7) is 8.03. The van der Waals surface area contributed by atoms with Crippen LogP contribution in [-0.4, -0.2) is 13.1 Å². The molecule has 0 fully saturated rings. The molecule has 0 radical (unpaired) electrons. The van der Waals surface area contributed by atoms with Crippen molar-refractivity contribution in [3.8, 4) is 0 Å². The molecule has 0 saturated carbocycles. The van der Waals surface area contributed by atoms with Gasteiger partial charge in [0.05, 0.1) is 12.5 Å². The predicted octanol–water partition coefficient (Wildman–Crippen LogP) is 3.40. The minimum Gasteiger partial charge on any atom is -0.469 e. The van der Waals surface area contributed by atoms with Crippen molar-refractivity contribution in [2.75, 3.05) is 7.11 Å². The standard InChI is InChI=1S/C17H27NO2/c1-6-12-8-9-13(7-2)14(10-12)15(18)11-17(3,4)16(19)20-5/h8-10,15H,6-7,11,18H2,1-5H3. The maximum absolute atomic E-state index is 11.8. The summed E-state index contributed by atoms with van der Waals surface area (Å²) in [6.07, 6.45) is 2.52. The van der Waals surface area contributed by atoms with Crippen molar-refractivity contribution in [2.24, 2.45) is 11.1 Å². The van der Waals surface area contributed by atoms with E-state index in [1.54, 1.807) is 0 Å². The molecule has 0 aliphatic heterocycles. The molecule has 0 bridgehead atoms. The number of benzene rings is 1. The van der Waals surface area contributed by atoms with Gasteiger partial charge in [-0.1, -0.05) is 32.0 Å². The molecule has 0 aliphatic rings. The Morgan fingerprint density at radius 1 is 1.30 bits per heavy atom. The normalized spacial score (nSPS) is 13.1. The molecule has 0 saturated heterocycles. The molecule has 0 amide bonds. The molecule has 1 rings (SSSR count). The second-order valence-electron chi connectivity index (χ2n) is 5.93. The molecule has 112 valence electrons. The molecule has 0 aliphatic carbocycles. The third-order valence-electron chi connectivity index (χ3n) is 3.87. The summed E-state index contributed by atoms with van der Waals surface area (Å²) in [5.41, 5.74) is 9.49. The lowest BCUT2D eigenvalue weighted by atomic mass is 9.82. The Bertz CT molecular complexity index is 466. The first kappa shape index (κ1) is 16.7. The second-order valence-corrected chi connectivity index (χ2v) is 5.93. The van der Waals surface area contributed by atoms with Crippen LogP contribution in [0.4, 0.5) is 0 Å². The van der Waals surface area contributed by atoms with Gasteiger partial charge in [-0.25, -0.2) is 0 Å². The fraction of sp³-hybridized carbons (Fsp3) is 0.588. The van der Waals surface area contributed by atoms with Crippen molar-refractivity contribution in [2.45, 2.75) is 53.0 Å². The van der Waals surface area contributed by atoms with Crippen LogP contribution >= 0.6 is 0 Å². The molecule has 3 nitrogen and oxygen atoms in total. The summed E-state index contributed by atoms with van der Waals surface area (Å²) in [7, 11) is 1.42. The van der Waals surface area contributed by atoms with E-state index in [2.05, 4.69) is 32.0 Å². The number of aryl methyl sites for hydroxylation is 2. The fourth-order valence-electron chi connectivity index (χ4n) is 2.55. The van der Waals surface area contributed by atoms with Crippen LogP contribution in [0.15, 0.2) is 18.2 Å². The molecule has 20 heavy (non-hydrogen) atoms. The highest BCUT2D eigenvalue weighted by atomic mass is 16.5. The van der Waals surface area contributed by atoms with Crippen LogP contribution in [0.25, 0.3) is 0 Å². The highest BCUT2D eigenvalue weighted by Gasteiger charge is 2.31. The lowest BCUT2D eigenvalue weighted by molar-refractivity contribution is -0.151. The largest absolute Gasteiger partial charge is 0.469 e. The van der Waals surface area contributed by atoms with E-state index in [1.165, 1.54) is 18.2 Å². The third kappa shape index (κ3) is 3.83. The van der Waals surface area contributed by atoms with E-state index in [4.69, 9.17) is 10.5 Å². The number of carbonyl (C=O) groups is 1. The van der Waals surface area contributed by atoms with Gasteiger partial charge < -0.3 is 10.5 Å². The molecule has 1 atom stereocenters. The third-order valence-corrected chi connectivity index (χ3v) is 3.87. The zero-order chi connectivity index (χ0) is 15.3. The summed E-state index contributed by atoms with van der Waals surface area (Å²) >= 11 is 0. The van der Waals surface area contributed by atoms with Crippen LogP contribution < -0.4 is 5.73 Å². The molecular formula is C17H27NO2. The number of methoxy groups -OCH3 is 1. The van der Waals surface area contributed by atoms with Crippen molar-refractivity contribution in [3.63, 3.8) is 0 Å². The van der Waals surface area contributed by atoms with Crippen LogP contribution in [0.1, 0.15) is 56.8 Å². The van der Waals surface area contributed by atoms with Crippen molar-refractivity contribution < 1.29 is 9.53 Å². The van der Waals surface area contributed by atoms with Gasteiger partial charge >= 0.3 is 5.97 Å². The molecule has 0 heterocycles. The number of esters is 1. The molecule has 1 aromatic rings. The lowest BCUT2D eigenvalue weighted by Gasteiger charge is -2.26. The van der Waals surface area contributed by atoms with E-state index in [9.17, 15) is 4.79 Å². The molecule has 0 aromatic heterocycles. The smallest absolute Gasteiger partial charge is 0.311 e. The Morgan fingerprint density at radius 3 is 2.45 bits per heavy atom. The van der Waals surface area contributed by atoms with E-state index in [1.807, 2.05) is 13.8 Å². The van der Waals surface area contributed by atoms with Gasteiger partial charge in [0, 0.05) is 6.04 Å². The Morgan fingerprint density at radius 2 is 1.95 bits per heavy atom. The van der Waals surface area contributed by atoms with Gasteiger partial charge in [0.25, 0.3) is 0 Å². The first-order valence-corrected chi connectivity index (χ1v) is 7.31. The van der Waals surface area contributed by atoms with Crippen LogP contribution in [0.5, 0.6) is 0 Å². The minimum absolute atomic E-state index is 0.148. The van der Waals surface area contributed by atoms with E-state index in [-0.39, 0.29) is 12.0 Å². The van der Waals surface area contributed by atoms with E-state index < -0.39 is 5.41 Å². The number of hydrogen-bond donors (Lipinski definition) is 1. The Hall–Kier alpha value is -1.35. The maximum Gasteiger partial charge on any atom is 0.311 e. The topological polar surface area (TPSA) is 52.3 Å². The maximum atomic E-state index is 11.8. The van der Waals surface area contributed by atoms with E-state index in [0.717, 1.165) is 18.4 Å². The van der Waals surface area contributed by atoms with E-state index in [0.29, 0.717) is 6.42 Å². The number of rotatable bonds is 6. The van der Waals surface area contributed by atoms with Crippen LogP contribution in [0.3, 0.4) is 0 Å². The number of carbonyl (C=O) groups excluding carboxylic acids is 1. The monoisotopic (exact) mass is 277 g/mol. The van der Waals surface area contributed by atoms with Gasteiger partial charge in [-0.3, -0.25) is 4.79 Å². The van der Waals surface area contributed by atoms with Gasteiger partial charge in [-0.05, 0) is 49.8 Å². The van der Waals surface area contributed by atoms with Crippen molar-refractivity contribution in [1.82, 2.24) is 0 Å². The Labute approximate surface area is 122 Å². The molecule has 1 unspecified atom stereocenters. The van der Waals surface area contributed by atoms with Gasteiger partial charge in [-0.15, -0.1) is 0 Å². The minimum atomic E-state index is -0.568. The predicted molar refractivity (Wildman–Crippen MR) is 82.5 cm³/mol. The Balaban J connectivity index is 3.02. The molecule has 0 spiro atoms. The summed E-state index contributed by atoms with van der Waals surface area (Å²) in [5.74, 6) is -0.211. The van der Waals surface area contributed by atoms with Gasteiger partial charge in [0.15, 0.2) is 0 Å². The molecule has 2 N–H and O–H groups in total.